The molecule has 0 spiro atoms. The molecule has 1 amide bonds. The molecule has 0 radical (unpaired) electrons. The summed E-state index contributed by atoms with van der Waals surface area (Å²) in [5.74, 6) is 1.05. The summed E-state index contributed by atoms with van der Waals surface area (Å²) in [7, 11) is 0. The molecule has 1 atom stereocenters. The van der Waals surface area contributed by atoms with Gasteiger partial charge in [0.1, 0.15) is 13.2 Å². The number of hydrogen-bond donors (Lipinski definition) is 1. The Morgan fingerprint density at radius 1 is 1.25 bits per heavy atom. The number of nitrogens with zero attached hydrogens (tertiary/aromatic N) is 2. The van der Waals surface area contributed by atoms with Gasteiger partial charge in [-0.3, -0.25) is 4.79 Å². The number of aromatic nitrogens is 2. The van der Waals surface area contributed by atoms with E-state index in [1.165, 1.54) is 0 Å². The molecular weight excluding hydrogens is 378 g/mol. The molecule has 0 bridgehead atoms. The topological polar surface area (TPSA) is 65.4 Å². The highest BCUT2D eigenvalue weighted by Gasteiger charge is 2.18. The molecule has 0 unspecified atom stereocenters. The molecule has 0 aliphatic carbocycles. The fraction of sp³-hybridized carbons (Fsp3) is 0.238. The van der Waals surface area contributed by atoms with Gasteiger partial charge >= 0.3 is 0 Å². The Bertz CT molecular complexity index is 971. The summed E-state index contributed by atoms with van der Waals surface area (Å²) in [5, 5.41) is 3.49. The van der Waals surface area contributed by atoms with Gasteiger partial charge in [0.25, 0.3) is 0 Å². The first-order chi connectivity index (χ1) is 13.6. The number of benzene rings is 2. The molecule has 7 heteroatoms. The van der Waals surface area contributed by atoms with Gasteiger partial charge in [0.05, 0.1) is 23.8 Å². The van der Waals surface area contributed by atoms with E-state index in [1.54, 1.807) is 18.6 Å². The number of carbonyl (C=O) groups is 1. The predicted molar refractivity (Wildman–Crippen MR) is 106 cm³/mol. The Morgan fingerprint density at radius 3 is 2.79 bits per heavy atom. The number of carbonyl (C=O) groups excluding carboxylic acids is 1. The highest BCUT2D eigenvalue weighted by molar-refractivity contribution is 6.32. The van der Waals surface area contributed by atoms with Crippen molar-refractivity contribution in [2.24, 2.45) is 0 Å². The minimum atomic E-state index is -0.114. The lowest BCUT2D eigenvalue weighted by Crippen LogP contribution is -2.28. The number of halogens is 1. The molecule has 4 rings (SSSR count). The van der Waals surface area contributed by atoms with E-state index in [0.29, 0.717) is 29.7 Å². The SMILES string of the molecule is C[C@H](NC(=O)Cc1cc(Cl)c2c(c1)OCCO2)c1ccc(-n2ccnc2)cc1. The van der Waals surface area contributed by atoms with Crippen LogP contribution in [0.15, 0.2) is 55.1 Å². The van der Waals surface area contributed by atoms with Gasteiger partial charge in [-0.25, -0.2) is 4.98 Å². The molecule has 0 saturated heterocycles. The lowest BCUT2D eigenvalue weighted by atomic mass is 10.1. The Kier molecular flexibility index (Phi) is 5.21. The molecule has 1 aliphatic heterocycles. The monoisotopic (exact) mass is 397 g/mol. The summed E-state index contributed by atoms with van der Waals surface area (Å²) in [5.41, 5.74) is 2.83. The van der Waals surface area contributed by atoms with Gasteiger partial charge < -0.3 is 19.4 Å². The summed E-state index contributed by atoms with van der Waals surface area (Å²) >= 11 is 6.25. The van der Waals surface area contributed by atoms with Crippen LogP contribution in [0.1, 0.15) is 24.1 Å². The zero-order valence-electron chi connectivity index (χ0n) is 15.4. The number of hydrogen-bond acceptors (Lipinski definition) is 4. The van der Waals surface area contributed by atoms with Crippen molar-refractivity contribution in [1.29, 1.82) is 0 Å². The zero-order valence-corrected chi connectivity index (χ0v) is 16.1. The van der Waals surface area contributed by atoms with Crippen LogP contribution in [0.2, 0.25) is 5.02 Å². The van der Waals surface area contributed by atoms with Crippen LogP contribution in [0.5, 0.6) is 11.5 Å². The zero-order chi connectivity index (χ0) is 19.5. The van der Waals surface area contributed by atoms with Crippen molar-refractivity contribution in [3.05, 3.63) is 71.3 Å². The van der Waals surface area contributed by atoms with Crippen LogP contribution in [0.25, 0.3) is 5.69 Å². The standard InChI is InChI=1S/C21H20ClN3O3/c1-14(16-2-4-17(5-3-16)25-7-6-23-13-25)24-20(26)12-15-10-18(22)21-19(11-15)27-8-9-28-21/h2-7,10-11,13-14H,8-9,12H2,1H3,(H,24,26)/t14-/m0/s1. The minimum absolute atomic E-state index is 0.0843. The van der Waals surface area contributed by atoms with E-state index in [-0.39, 0.29) is 18.4 Å². The van der Waals surface area contributed by atoms with E-state index in [2.05, 4.69) is 10.3 Å². The average Bonchev–Trinajstić information content (AvgIpc) is 3.23. The Labute approximate surface area is 168 Å². The third-order valence-electron chi connectivity index (χ3n) is 4.59. The fourth-order valence-electron chi connectivity index (χ4n) is 3.17. The van der Waals surface area contributed by atoms with Gasteiger partial charge in [0.2, 0.25) is 5.91 Å². The smallest absolute Gasteiger partial charge is 0.224 e. The summed E-state index contributed by atoms with van der Waals surface area (Å²) in [6, 6.07) is 11.4. The molecule has 28 heavy (non-hydrogen) atoms. The maximum atomic E-state index is 12.5. The van der Waals surface area contributed by atoms with Crippen molar-refractivity contribution in [3.8, 4) is 17.2 Å². The van der Waals surface area contributed by atoms with Crippen LogP contribution in [-0.4, -0.2) is 28.7 Å². The first-order valence-electron chi connectivity index (χ1n) is 9.06. The average molecular weight is 398 g/mol. The van der Waals surface area contributed by atoms with E-state index < -0.39 is 0 Å². The van der Waals surface area contributed by atoms with E-state index in [4.69, 9.17) is 21.1 Å². The molecule has 0 fully saturated rings. The van der Waals surface area contributed by atoms with E-state index in [9.17, 15) is 4.79 Å². The lowest BCUT2D eigenvalue weighted by molar-refractivity contribution is -0.121. The van der Waals surface area contributed by atoms with Gasteiger partial charge in [-0.15, -0.1) is 0 Å². The molecule has 3 aromatic rings. The predicted octanol–water partition coefficient (Wildman–Crippen LogP) is 3.72. The van der Waals surface area contributed by atoms with Gasteiger partial charge in [-0.1, -0.05) is 23.7 Å². The summed E-state index contributed by atoms with van der Waals surface area (Å²) in [6.45, 7) is 2.91. The summed E-state index contributed by atoms with van der Waals surface area (Å²) < 4.78 is 13.0. The third-order valence-corrected chi connectivity index (χ3v) is 4.88. The van der Waals surface area contributed by atoms with Crippen LogP contribution in [0.3, 0.4) is 0 Å². The number of rotatable bonds is 5. The molecule has 6 nitrogen and oxygen atoms in total. The lowest BCUT2D eigenvalue weighted by Gasteiger charge is -2.20. The summed E-state index contributed by atoms with van der Waals surface area (Å²) in [4.78, 5) is 16.5. The number of ether oxygens (including phenoxy) is 2. The normalized spacial score (nSPS) is 13.8. The minimum Gasteiger partial charge on any atom is -0.486 e. The van der Waals surface area contributed by atoms with E-state index in [1.807, 2.05) is 48.0 Å². The van der Waals surface area contributed by atoms with Gasteiger partial charge in [-0.05, 0) is 42.3 Å². The molecule has 144 valence electrons. The van der Waals surface area contributed by atoms with Crippen molar-refractivity contribution in [3.63, 3.8) is 0 Å². The Morgan fingerprint density at radius 2 is 2.04 bits per heavy atom. The third kappa shape index (κ3) is 3.97. The first kappa shape index (κ1) is 18.4. The quantitative estimate of drug-likeness (QED) is 0.712. The van der Waals surface area contributed by atoms with Crippen molar-refractivity contribution in [2.45, 2.75) is 19.4 Å². The van der Waals surface area contributed by atoms with Crippen molar-refractivity contribution in [2.75, 3.05) is 13.2 Å². The Balaban J connectivity index is 1.40. The molecular formula is C21H20ClN3O3. The van der Waals surface area contributed by atoms with Crippen LogP contribution >= 0.6 is 11.6 Å². The van der Waals surface area contributed by atoms with Crippen LogP contribution in [0, 0.1) is 0 Å². The Hall–Kier alpha value is -2.99. The summed E-state index contributed by atoms with van der Waals surface area (Å²) in [6.07, 6.45) is 5.59. The molecule has 1 aliphatic rings. The van der Waals surface area contributed by atoms with Crippen LogP contribution < -0.4 is 14.8 Å². The highest BCUT2D eigenvalue weighted by atomic mass is 35.5. The van der Waals surface area contributed by atoms with Crippen molar-refractivity contribution < 1.29 is 14.3 Å². The van der Waals surface area contributed by atoms with E-state index >= 15 is 0 Å². The first-order valence-corrected chi connectivity index (χ1v) is 9.43. The van der Waals surface area contributed by atoms with Crippen LogP contribution in [-0.2, 0) is 11.2 Å². The van der Waals surface area contributed by atoms with Gasteiger partial charge in [0.15, 0.2) is 11.5 Å². The second-order valence-corrected chi connectivity index (χ2v) is 7.04. The molecule has 1 aromatic heterocycles. The fourth-order valence-corrected chi connectivity index (χ4v) is 3.46. The van der Waals surface area contributed by atoms with Gasteiger partial charge in [0, 0.05) is 18.1 Å². The molecule has 2 heterocycles. The number of imidazole rings is 1. The van der Waals surface area contributed by atoms with Crippen molar-refractivity contribution >= 4 is 17.5 Å². The number of fused-ring (bicyclic) bond motifs is 1. The largest absolute Gasteiger partial charge is 0.486 e. The van der Waals surface area contributed by atoms with Crippen LogP contribution in [0.4, 0.5) is 0 Å². The highest BCUT2D eigenvalue weighted by Crippen LogP contribution is 2.38. The maximum Gasteiger partial charge on any atom is 0.224 e. The molecule has 0 saturated carbocycles. The second-order valence-electron chi connectivity index (χ2n) is 6.63. The van der Waals surface area contributed by atoms with Crippen molar-refractivity contribution in [1.82, 2.24) is 14.9 Å². The maximum absolute atomic E-state index is 12.5. The van der Waals surface area contributed by atoms with E-state index in [0.717, 1.165) is 16.8 Å². The number of nitrogens with one attached hydrogen (secondary N) is 1. The van der Waals surface area contributed by atoms with Gasteiger partial charge in [-0.2, -0.15) is 0 Å². The second kappa shape index (κ2) is 7.94. The molecule has 1 N–H and O–H groups in total. The molecule has 2 aromatic carbocycles. The number of amides is 1.